The summed E-state index contributed by atoms with van der Waals surface area (Å²) in [6.45, 7) is 0.973. The Morgan fingerprint density at radius 1 is 1.00 bits per heavy atom. The zero-order valence-corrected chi connectivity index (χ0v) is 16.5. The number of amides is 2. The van der Waals surface area contributed by atoms with Crippen LogP contribution in [0.25, 0.3) is 0 Å². The highest BCUT2D eigenvalue weighted by molar-refractivity contribution is 7.89. The molecule has 0 atom stereocenters. The summed E-state index contributed by atoms with van der Waals surface area (Å²) >= 11 is 1.10. The lowest BCUT2D eigenvalue weighted by molar-refractivity contribution is 0.0962. The van der Waals surface area contributed by atoms with Crippen LogP contribution in [0.1, 0.15) is 39.3 Å². The molecular weight excluding hydrogens is 386 g/mol. The fraction of sp³-hybridized carbons (Fsp3) is 0.333. The average molecular weight is 408 g/mol. The van der Waals surface area contributed by atoms with Crippen LogP contribution in [0.3, 0.4) is 0 Å². The number of sulfonamides is 1. The van der Waals surface area contributed by atoms with Crippen molar-refractivity contribution in [1.29, 1.82) is 0 Å². The van der Waals surface area contributed by atoms with E-state index >= 15 is 0 Å². The third-order valence-corrected chi connectivity index (χ3v) is 7.38. The number of nitrogens with zero attached hydrogens (tertiary/aromatic N) is 1. The number of hydrogen-bond donors (Lipinski definition) is 2. The lowest BCUT2D eigenvalue weighted by atomic mass is 10.2. The third kappa shape index (κ3) is 4.20. The van der Waals surface area contributed by atoms with Gasteiger partial charge in [0.15, 0.2) is 0 Å². The van der Waals surface area contributed by atoms with E-state index in [0.717, 1.165) is 30.6 Å². The van der Waals surface area contributed by atoms with E-state index in [-0.39, 0.29) is 15.7 Å². The first-order valence-corrected chi connectivity index (χ1v) is 11.0. The standard InChI is InChI=1S/C18H21N3O4S2/c1-19-17(22)13-5-7-14(8-6-13)20-18(23)16-15(9-12-26-16)27(24,25)21-10-3-2-4-11-21/h5-9,12H,2-4,10-11H2,1H3,(H,19,22)(H,20,23). The summed E-state index contributed by atoms with van der Waals surface area (Å²) in [6, 6.07) is 7.88. The molecule has 2 N–H and O–H groups in total. The van der Waals surface area contributed by atoms with Crippen molar-refractivity contribution in [2.45, 2.75) is 24.2 Å². The molecular formula is C18H21N3O4S2. The van der Waals surface area contributed by atoms with Gasteiger partial charge in [0, 0.05) is 31.4 Å². The van der Waals surface area contributed by atoms with E-state index < -0.39 is 15.9 Å². The van der Waals surface area contributed by atoms with Gasteiger partial charge in [0.25, 0.3) is 11.8 Å². The smallest absolute Gasteiger partial charge is 0.267 e. The van der Waals surface area contributed by atoms with Crippen LogP contribution in [0.5, 0.6) is 0 Å². The minimum absolute atomic E-state index is 0.0499. The number of anilines is 1. The van der Waals surface area contributed by atoms with E-state index in [1.165, 1.54) is 10.4 Å². The number of thiophene rings is 1. The fourth-order valence-corrected chi connectivity index (χ4v) is 5.76. The molecule has 1 aromatic carbocycles. The topological polar surface area (TPSA) is 95.6 Å². The SMILES string of the molecule is CNC(=O)c1ccc(NC(=O)c2sccc2S(=O)(=O)N2CCCCC2)cc1. The van der Waals surface area contributed by atoms with E-state index in [4.69, 9.17) is 0 Å². The minimum atomic E-state index is -3.68. The molecule has 1 aromatic heterocycles. The zero-order chi connectivity index (χ0) is 19.4. The van der Waals surface area contributed by atoms with Gasteiger partial charge in [-0.3, -0.25) is 9.59 Å². The molecule has 0 bridgehead atoms. The molecule has 2 aromatic rings. The van der Waals surface area contributed by atoms with Gasteiger partial charge in [0.05, 0.1) is 0 Å². The molecule has 144 valence electrons. The van der Waals surface area contributed by atoms with Gasteiger partial charge in [-0.25, -0.2) is 8.42 Å². The van der Waals surface area contributed by atoms with Gasteiger partial charge in [0.2, 0.25) is 10.0 Å². The molecule has 0 spiro atoms. The van der Waals surface area contributed by atoms with Crippen LogP contribution in [0, 0.1) is 0 Å². The molecule has 2 amide bonds. The third-order valence-electron chi connectivity index (χ3n) is 4.40. The summed E-state index contributed by atoms with van der Waals surface area (Å²) in [5.41, 5.74) is 0.961. The normalized spacial score (nSPS) is 15.3. The predicted octanol–water partition coefficient (Wildman–Crippen LogP) is 2.53. The van der Waals surface area contributed by atoms with Gasteiger partial charge < -0.3 is 10.6 Å². The lowest BCUT2D eigenvalue weighted by Crippen LogP contribution is -2.36. The molecule has 0 radical (unpaired) electrons. The van der Waals surface area contributed by atoms with Crippen LogP contribution in [0.4, 0.5) is 5.69 Å². The molecule has 0 unspecified atom stereocenters. The minimum Gasteiger partial charge on any atom is -0.355 e. The average Bonchev–Trinajstić information content (AvgIpc) is 3.19. The second-order valence-electron chi connectivity index (χ2n) is 6.19. The molecule has 7 nitrogen and oxygen atoms in total. The van der Waals surface area contributed by atoms with Crippen LogP contribution in [0.15, 0.2) is 40.6 Å². The molecule has 1 fully saturated rings. The van der Waals surface area contributed by atoms with Crippen molar-refractivity contribution in [3.63, 3.8) is 0 Å². The number of rotatable bonds is 5. The molecule has 1 aliphatic rings. The van der Waals surface area contributed by atoms with Gasteiger partial charge >= 0.3 is 0 Å². The highest BCUT2D eigenvalue weighted by atomic mass is 32.2. The molecule has 27 heavy (non-hydrogen) atoms. The second kappa shape index (κ2) is 8.20. The Kier molecular flexibility index (Phi) is 5.93. The molecule has 2 heterocycles. The summed E-state index contributed by atoms with van der Waals surface area (Å²) in [7, 11) is -2.14. The predicted molar refractivity (Wildman–Crippen MR) is 105 cm³/mol. The van der Waals surface area contributed by atoms with Crippen molar-refractivity contribution in [2.75, 3.05) is 25.5 Å². The summed E-state index contributed by atoms with van der Waals surface area (Å²) in [4.78, 5) is 24.4. The molecule has 0 saturated carbocycles. The van der Waals surface area contributed by atoms with Crippen LogP contribution >= 0.6 is 11.3 Å². The maximum absolute atomic E-state index is 12.9. The van der Waals surface area contributed by atoms with Crippen LogP contribution in [0.2, 0.25) is 0 Å². The maximum Gasteiger partial charge on any atom is 0.267 e. The van der Waals surface area contributed by atoms with Gasteiger partial charge in [-0.05, 0) is 48.6 Å². The first-order chi connectivity index (χ1) is 12.9. The number of nitrogens with one attached hydrogen (secondary N) is 2. The van der Waals surface area contributed by atoms with Crippen molar-refractivity contribution >= 4 is 38.9 Å². The Balaban J connectivity index is 1.78. The van der Waals surface area contributed by atoms with Crippen molar-refractivity contribution in [2.24, 2.45) is 0 Å². The molecule has 1 saturated heterocycles. The summed E-state index contributed by atoms with van der Waals surface area (Å²) in [5, 5.41) is 6.84. The monoisotopic (exact) mass is 407 g/mol. The fourth-order valence-electron chi connectivity index (χ4n) is 2.95. The number of carbonyl (C=O) groups excluding carboxylic acids is 2. The van der Waals surface area contributed by atoms with E-state index in [2.05, 4.69) is 10.6 Å². The number of hydrogen-bond acceptors (Lipinski definition) is 5. The Morgan fingerprint density at radius 3 is 2.30 bits per heavy atom. The summed E-state index contributed by atoms with van der Waals surface area (Å²) < 4.78 is 27.2. The number of carbonyl (C=O) groups is 2. The van der Waals surface area contributed by atoms with Crippen LogP contribution in [-0.2, 0) is 10.0 Å². The van der Waals surface area contributed by atoms with Crippen molar-refractivity contribution in [3.8, 4) is 0 Å². The van der Waals surface area contributed by atoms with E-state index in [9.17, 15) is 18.0 Å². The Hall–Kier alpha value is -2.23. The molecule has 1 aliphatic heterocycles. The van der Waals surface area contributed by atoms with Crippen LogP contribution in [-0.4, -0.2) is 44.7 Å². The van der Waals surface area contributed by atoms with Crippen molar-refractivity contribution in [1.82, 2.24) is 9.62 Å². The second-order valence-corrected chi connectivity index (χ2v) is 9.01. The van der Waals surface area contributed by atoms with Gasteiger partial charge in [0.1, 0.15) is 9.77 Å². The number of piperidine rings is 1. The molecule has 3 rings (SSSR count). The van der Waals surface area contributed by atoms with Crippen molar-refractivity contribution < 1.29 is 18.0 Å². The first-order valence-electron chi connectivity index (χ1n) is 8.64. The Labute approximate surface area is 162 Å². The quantitative estimate of drug-likeness (QED) is 0.796. The summed E-state index contributed by atoms with van der Waals surface area (Å²) in [5.74, 6) is -0.700. The van der Waals surface area contributed by atoms with E-state index in [1.807, 2.05) is 0 Å². The molecule has 9 heteroatoms. The van der Waals surface area contributed by atoms with E-state index in [0.29, 0.717) is 24.3 Å². The lowest BCUT2D eigenvalue weighted by Gasteiger charge is -2.25. The first kappa shape index (κ1) is 19.5. The largest absolute Gasteiger partial charge is 0.355 e. The van der Waals surface area contributed by atoms with E-state index in [1.54, 1.807) is 36.7 Å². The highest BCUT2D eigenvalue weighted by Gasteiger charge is 2.31. The number of benzene rings is 1. The van der Waals surface area contributed by atoms with Crippen LogP contribution < -0.4 is 10.6 Å². The summed E-state index contributed by atoms with van der Waals surface area (Å²) in [6.07, 6.45) is 2.69. The Bertz CT molecular complexity index is 930. The highest BCUT2D eigenvalue weighted by Crippen LogP contribution is 2.28. The van der Waals surface area contributed by atoms with Gasteiger partial charge in [-0.2, -0.15) is 4.31 Å². The maximum atomic E-state index is 12.9. The van der Waals surface area contributed by atoms with Gasteiger partial charge in [-0.15, -0.1) is 11.3 Å². The van der Waals surface area contributed by atoms with Crippen molar-refractivity contribution in [3.05, 3.63) is 46.2 Å². The molecule has 0 aliphatic carbocycles. The zero-order valence-electron chi connectivity index (χ0n) is 14.9. The Morgan fingerprint density at radius 2 is 1.67 bits per heavy atom. The van der Waals surface area contributed by atoms with Gasteiger partial charge in [-0.1, -0.05) is 6.42 Å².